The Balaban J connectivity index is 3.83. The summed E-state index contributed by atoms with van der Waals surface area (Å²) in [6.45, 7) is 3.45. The first-order chi connectivity index (χ1) is 5.61. The van der Waals surface area contributed by atoms with E-state index in [1.807, 2.05) is 6.92 Å². The van der Waals surface area contributed by atoms with Gasteiger partial charge in [-0.2, -0.15) is 0 Å². The van der Waals surface area contributed by atoms with Gasteiger partial charge in [0.1, 0.15) is 5.78 Å². The molecule has 0 radical (unpaired) electrons. The van der Waals surface area contributed by atoms with Crippen LogP contribution in [0.25, 0.3) is 0 Å². The smallest absolute Gasteiger partial charge is 0.308 e. The van der Waals surface area contributed by atoms with Crippen molar-refractivity contribution in [3.63, 3.8) is 0 Å². The molecule has 0 aliphatic rings. The minimum Gasteiger partial charge on any atom is -0.469 e. The second-order valence-corrected chi connectivity index (χ2v) is 2.87. The first-order valence-corrected chi connectivity index (χ1v) is 4.19. The third kappa shape index (κ3) is 4.11. The highest BCUT2D eigenvalue weighted by atomic mass is 16.5. The molecule has 12 heavy (non-hydrogen) atoms. The number of ether oxygens (including phenoxy) is 1. The number of carbonyl (C=O) groups is 2. The molecule has 0 fully saturated rings. The molecule has 3 nitrogen and oxygen atoms in total. The maximum atomic E-state index is 11.0. The van der Waals surface area contributed by atoms with E-state index in [0.717, 1.165) is 6.42 Å². The molecule has 0 amide bonds. The Labute approximate surface area is 73.1 Å². The van der Waals surface area contributed by atoms with Crippen molar-refractivity contribution >= 4 is 11.8 Å². The van der Waals surface area contributed by atoms with Crippen LogP contribution in [0.5, 0.6) is 0 Å². The van der Waals surface area contributed by atoms with Crippen molar-refractivity contribution in [2.75, 3.05) is 7.11 Å². The van der Waals surface area contributed by atoms with Gasteiger partial charge in [0.25, 0.3) is 0 Å². The van der Waals surface area contributed by atoms with Crippen molar-refractivity contribution in [2.24, 2.45) is 5.92 Å². The van der Waals surface area contributed by atoms with Crippen LogP contribution in [0.2, 0.25) is 0 Å². The Kier molecular flexibility index (Phi) is 5.34. The molecule has 3 heteroatoms. The van der Waals surface area contributed by atoms with E-state index < -0.39 is 0 Å². The molecule has 0 saturated heterocycles. The highest BCUT2D eigenvalue weighted by Crippen LogP contribution is 2.12. The Hall–Kier alpha value is -0.860. The molecule has 0 bridgehead atoms. The van der Waals surface area contributed by atoms with Crippen molar-refractivity contribution in [2.45, 2.75) is 33.1 Å². The summed E-state index contributed by atoms with van der Waals surface area (Å²) in [5, 5.41) is 0. The molecule has 0 heterocycles. The molecule has 1 unspecified atom stereocenters. The molecule has 0 aromatic rings. The maximum Gasteiger partial charge on any atom is 0.308 e. The fraction of sp³-hybridized carbons (Fsp3) is 0.778. The van der Waals surface area contributed by atoms with Crippen LogP contribution in [0.3, 0.4) is 0 Å². The summed E-state index contributed by atoms with van der Waals surface area (Å²) in [6.07, 6.45) is 1.81. The van der Waals surface area contributed by atoms with Crippen LogP contribution < -0.4 is 0 Å². The molecule has 0 aliphatic carbocycles. The second kappa shape index (κ2) is 5.75. The molecule has 0 rings (SSSR count). The van der Waals surface area contributed by atoms with Gasteiger partial charge in [-0.25, -0.2) is 0 Å². The Morgan fingerprint density at radius 2 is 2.00 bits per heavy atom. The van der Waals surface area contributed by atoms with Gasteiger partial charge < -0.3 is 9.53 Å². The zero-order valence-electron chi connectivity index (χ0n) is 7.92. The molecule has 0 aromatic carbocycles. The number of hydrogen-bond donors (Lipinski definition) is 0. The molecule has 0 aliphatic heterocycles. The Morgan fingerprint density at radius 3 is 2.33 bits per heavy atom. The highest BCUT2D eigenvalue weighted by Gasteiger charge is 2.16. The van der Waals surface area contributed by atoms with Crippen molar-refractivity contribution in [3.05, 3.63) is 0 Å². The summed E-state index contributed by atoms with van der Waals surface area (Å²) in [5.74, 6) is -0.199. The number of methoxy groups -OCH3 is 1. The number of Topliss-reactive ketones (excluding diaryl/α,β-unsaturated/α-hetero) is 1. The van der Waals surface area contributed by atoms with Gasteiger partial charge in [0.2, 0.25) is 0 Å². The van der Waals surface area contributed by atoms with Crippen molar-refractivity contribution in [1.29, 1.82) is 0 Å². The van der Waals surface area contributed by atoms with Crippen LogP contribution >= 0.6 is 0 Å². The molecule has 0 aromatic heterocycles. The lowest BCUT2D eigenvalue weighted by molar-refractivity contribution is -0.145. The van der Waals surface area contributed by atoms with Gasteiger partial charge in [-0.05, 0) is 19.8 Å². The number of rotatable bonds is 5. The van der Waals surface area contributed by atoms with Crippen LogP contribution in [-0.4, -0.2) is 18.9 Å². The average molecular weight is 172 g/mol. The van der Waals surface area contributed by atoms with E-state index >= 15 is 0 Å². The van der Waals surface area contributed by atoms with Crippen LogP contribution in [-0.2, 0) is 14.3 Å². The molecule has 1 atom stereocenters. The summed E-state index contributed by atoms with van der Waals surface area (Å²) in [4.78, 5) is 21.6. The quantitative estimate of drug-likeness (QED) is 0.591. The molecule has 0 saturated carbocycles. The van der Waals surface area contributed by atoms with E-state index in [1.165, 1.54) is 14.0 Å². The van der Waals surface area contributed by atoms with Gasteiger partial charge >= 0.3 is 5.97 Å². The third-order valence-electron chi connectivity index (χ3n) is 1.87. The fourth-order valence-corrected chi connectivity index (χ4v) is 1.03. The first-order valence-electron chi connectivity index (χ1n) is 4.19. The van der Waals surface area contributed by atoms with Crippen LogP contribution in [0, 0.1) is 5.92 Å². The second-order valence-electron chi connectivity index (χ2n) is 2.87. The number of hydrogen-bond acceptors (Lipinski definition) is 3. The normalized spacial score (nSPS) is 12.2. The van der Waals surface area contributed by atoms with Gasteiger partial charge in [0.15, 0.2) is 0 Å². The van der Waals surface area contributed by atoms with E-state index in [4.69, 9.17) is 0 Å². The van der Waals surface area contributed by atoms with Crippen LogP contribution in [0.15, 0.2) is 0 Å². The summed E-state index contributed by atoms with van der Waals surface area (Å²) >= 11 is 0. The van der Waals surface area contributed by atoms with Crippen molar-refractivity contribution < 1.29 is 14.3 Å². The summed E-state index contributed by atoms with van der Waals surface area (Å²) in [6, 6.07) is 0. The minimum absolute atomic E-state index is 0.112. The van der Waals surface area contributed by atoms with E-state index in [2.05, 4.69) is 4.74 Å². The average Bonchev–Trinajstić information content (AvgIpc) is 2.04. The fourth-order valence-electron chi connectivity index (χ4n) is 1.03. The largest absolute Gasteiger partial charge is 0.469 e. The predicted molar refractivity (Wildman–Crippen MR) is 45.7 cm³/mol. The summed E-state index contributed by atoms with van der Waals surface area (Å²) in [5.41, 5.74) is 0. The van der Waals surface area contributed by atoms with Gasteiger partial charge in [-0.1, -0.05) is 6.92 Å². The summed E-state index contributed by atoms with van der Waals surface area (Å²) in [7, 11) is 1.37. The SMILES string of the molecule is CCC(CCC(C)=O)C(=O)OC. The number of carbonyl (C=O) groups excluding carboxylic acids is 2. The van der Waals surface area contributed by atoms with Gasteiger partial charge in [-0.3, -0.25) is 4.79 Å². The predicted octanol–water partition coefficient (Wildman–Crippen LogP) is 1.55. The van der Waals surface area contributed by atoms with E-state index in [9.17, 15) is 9.59 Å². The zero-order valence-corrected chi connectivity index (χ0v) is 7.92. The Bertz CT molecular complexity index is 163. The van der Waals surface area contributed by atoms with Crippen molar-refractivity contribution in [3.8, 4) is 0 Å². The lowest BCUT2D eigenvalue weighted by Crippen LogP contribution is -2.16. The molecule has 70 valence electrons. The molecule has 0 spiro atoms. The maximum absolute atomic E-state index is 11.0. The van der Waals surface area contributed by atoms with E-state index in [-0.39, 0.29) is 17.7 Å². The lowest BCUT2D eigenvalue weighted by atomic mass is 9.99. The van der Waals surface area contributed by atoms with Gasteiger partial charge in [0, 0.05) is 6.42 Å². The van der Waals surface area contributed by atoms with Crippen LogP contribution in [0.4, 0.5) is 0 Å². The molecular weight excluding hydrogens is 156 g/mol. The van der Waals surface area contributed by atoms with Gasteiger partial charge in [-0.15, -0.1) is 0 Å². The third-order valence-corrected chi connectivity index (χ3v) is 1.87. The summed E-state index contributed by atoms with van der Waals surface area (Å²) < 4.78 is 4.59. The van der Waals surface area contributed by atoms with Crippen molar-refractivity contribution in [1.82, 2.24) is 0 Å². The number of ketones is 1. The number of esters is 1. The Morgan fingerprint density at radius 1 is 1.42 bits per heavy atom. The first kappa shape index (κ1) is 11.1. The van der Waals surface area contributed by atoms with Crippen LogP contribution in [0.1, 0.15) is 33.1 Å². The molecular formula is C9H16O3. The molecule has 0 N–H and O–H groups in total. The van der Waals surface area contributed by atoms with Gasteiger partial charge in [0.05, 0.1) is 13.0 Å². The zero-order chi connectivity index (χ0) is 9.56. The minimum atomic E-state index is -0.209. The standard InChI is InChI=1S/C9H16O3/c1-4-8(9(11)12-3)6-5-7(2)10/h8H,4-6H2,1-3H3. The topological polar surface area (TPSA) is 43.4 Å². The van der Waals surface area contributed by atoms with E-state index in [1.54, 1.807) is 0 Å². The van der Waals surface area contributed by atoms with E-state index in [0.29, 0.717) is 12.8 Å². The lowest BCUT2D eigenvalue weighted by Gasteiger charge is -2.10. The highest BCUT2D eigenvalue weighted by molar-refractivity contribution is 5.77. The monoisotopic (exact) mass is 172 g/mol.